The van der Waals surface area contributed by atoms with E-state index in [1.165, 1.54) is 25.7 Å². The first-order chi connectivity index (χ1) is 14.4. The summed E-state index contributed by atoms with van der Waals surface area (Å²) in [5, 5.41) is 2.68. The molecule has 0 bridgehead atoms. The third-order valence-electron chi connectivity index (χ3n) is 4.34. The molecule has 0 fully saturated rings. The van der Waals surface area contributed by atoms with E-state index in [0.717, 1.165) is 19.3 Å². The van der Waals surface area contributed by atoms with E-state index in [0.29, 0.717) is 22.7 Å². The minimum absolute atomic E-state index is 0.110. The molecule has 160 valence electrons. The van der Waals surface area contributed by atoms with E-state index < -0.39 is 25.1 Å². The first-order valence-corrected chi connectivity index (χ1v) is 9.79. The molecule has 0 saturated carbocycles. The molecule has 1 amide bonds. The van der Waals surface area contributed by atoms with Crippen molar-refractivity contribution >= 4 is 23.3 Å². The average Bonchev–Trinajstić information content (AvgIpc) is 2.75. The fourth-order valence-corrected chi connectivity index (χ4v) is 2.66. The Kier molecular flexibility index (Phi) is 8.87. The predicted octanol–water partition coefficient (Wildman–Crippen LogP) is 3.80. The maximum atomic E-state index is 12.0. The van der Waals surface area contributed by atoms with Crippen molar-refractivity contribution in [1.29, 1.82) is 0 Å². The van der Waals surface area contributed by atoms with Gasteiger partial charge in [0, 0.05) is 11.3 Å². The summed E-state index contributed by atoms with van der Waals surface area (Å²) >= 11 is 0. The van der Waals surface area contributed by atoms with Crippen LogP contribution in [0.15, 0.2) is 42.5 Å². The fourth-order valence-electron chi connectivity index (χ4n) is 2.66. The van der Waals surface area contributed by atoms with Crippen LogP contribution in [0, 0.1) is 0 Å². The van der Waals surface area contributed by atoms with Crippen LogP contribution < -0.4 is 14.8 Å². The minimum atomic E-state index is -0.697. The Labute approximate surface area is 176 Å². The van der Waals surface area contributed by atoms with E-state index >= 15 is 0 Å². The minimum Gasteiger partial charge on any atom is -0.493 e. The van der Waals surface area contributed by atoms with Gasteiger partial charge in [0.15, 0.2) is 30.5 Å². The largest absolute Gasteiger partial charge is 0.493 e. The molecular weight excluding hydrogens is 386 g/mol. The van der Waals surface area contributed by atoms with E-state index in [1.807, 2.05) is 24.3 Å². The number of hydrogen-bond donors (Lipinski definition) is 1. The number of esters is 1. The molecule has 0 heterocycles. The van der Waals surface area contributed by atoms with Crippen LogP contribution in [0.2, 0.25) is 0 Å². The summed E-state index contributed by atoms with van der Waals surface area (Å²) in [6, 6.07) is 12.2. The molecule has 0 spiro atoms. The van der Waals surface area contributed by atoms with Gasteiger partial charge in [0.2, 0.25) is 0 Å². The van der Waals surface area contributed by atoms with Gasteiger partial charge in [-0.05, 0) is 55.7 Å². The van der Waals surface area contributed by atoms with Crippen LogP contribution in [0.1, 0.15) is 42.6 Å². The lowest BCUT2D eigenvalue weighted by atomic mass is 10.1. The molecule has 0 radical (unpaired) electrons. The number of benzene rings is 2. The van der Waals surface area contributed by atoms with Crippen LogP contribution in [0.4, 0.5) is 5.69 Å². The molecule has 2 rings (SSSR count). The van der Waals surface area contributed by atoms with Crippen molar-refractivity contribution in [3.8, 4) is 11.5 Å². The molecule has 2 aromatic carbocycles. The Morgan fingerprint density at radius 2 is 1.70 bits per heavy atom. The molecule has 0 atom stereocenters. The highest BCUT2D eigenvalue weighted by Crippen LogP contribution is 2.28. The number of nitrogens with one attached hydrogen (secondary N) is 1. The molecule has 0 aromatic heterocycles. The van der Waals surface area contributed by atoms with Crippen molar-refractivity contribution in [2.75, 3.05) is 25.6 Å². The van der Waals surface area contributed by atoms with Crippen molar-refractivity contribution in [2.24, 2.45) is 0 Å². The summed E-state index contributed by atoms with van der Waals surface area (Å²) in [5.41, 5.74) is 2.32. The van der Waals surface area contributed by atoms with Gasteiger partial charge in [-0.3, -0.25) is 9.59 Å². The Hall–Kier alpha value is -3.35. The number of Topliss-reactive ketones (excluding diaryl/α,β-unsaturated/α-hetero) is 1. The van der Waals surface area contributed by atoms with E-state index in [-0.39, 0.29) is 5.78 Å². The third-order valence-corrected chi connectivity index (χ3v) is 4.34. The normalized spacial score (nSPS) is 10.2. The number of ketones is 1. The molecule has 30 heavy (non-hydrogen) atoms. The molecule has 7 heteroatoms. The second-order valence-electron chi connectivity index (χ2n) is 6.72. The first kappa shape index (κ1) is 22.9. The number of carbonyl (C=O) groups is 3. The van der Waals surface area contributed by atoms with Crippen LogP contribution in [-0.2, 0) is 20.7 Å². The van der Waals surface area contributed by atoms with Crippen molar-refractivity contribution in [3.63, 3.8) is 0 Å². The van der Waals surface area contributed by atoms with Crippen LogP contribution in [-0.4, -0.2) is 38.0 Å². The Morgan fingerprint density at radius 1 is 0.967 bits per heavy atom. The molecule has 1 N–H and O–H groups in total. The number of carbonyl (C=O) groups excluding carboxylic acids is 3. The van der Waals surface area contributed by atoms with Crippen LogP contribution >= 0.6 is 0 Å². The monoisotopic (exact) mass is 413 g/mol. The molecule has 7 nitrogen and oxygen atoms in total. The molecule has 2 aromatic rings. The first-order valence-electron chi connectivity index (χ1n) is 9.79. The Morgan fingerprint density at radius 3 is 2.33 bits per heavy atom. The van der Waals surface area contributed by atoms with E-state index in [9.17, 15) is 14.4 Å². The molecule has 0 aliphatic carbocycles. The lowest BCUT2D eigenvalue weighted by Gasteiger charge is -2.11. The SMILES string of the molecule is CCCCc1ccc(NC(=O)COC(=O)COc2ccc(C(C)=O)cc2OC)cc1. The van der Waals surface area contributed by atoms with Crippen LogP contribution in [0.3, 0.4) is 0 Å². The maximum absolute atomic E-state index is 12.0. The second kappa shape index (κ2) is 11.6. The number of amides is 1. The Balaban J connectivity index is 1.77. The van der Waals surface area contributed by atoms with Gasteiger partial charge in [-0.15, -0.1) is 0 Å². The average molecular weight is 413 g/mol. The summed E-state index contributed by atoms with van der Waals surface area (Å²) in [6.45, 7) is 2.77. The number of anilines is 1. The van der Waals surface area contributed by atoms with Gasteiger partial charge in [0.05, 0.1) is 7.11 Å². The molecule has 0 saturated heterocycles. The standard InChI is InChI=1S/C23H27NO6/c1-4-5-6-17-7-10-19(11-8-17)24-22(26)14-30-23(27)15-29-20-12-9-18(16(2)25)13-21(20)28-3/h7-13H,4-6,14-15H2,1-3H3,(H,24,26). The van der Waals surface area contributed by atoms with Crippen LogP contribution in [0.5, 0.6) is 11.5 Å². The van der Waals surface area contributed by atoms with Gasteiger partial charge in [-0.1, -0.05) is 25.5 Å². The van der Waals surface area contributed by atoms with Gasteiger partial charge in [0.1, 0.15) is 0 Å². The van der Waals surface area contributed by atoms with Gasteiger partial charge < -0.3 is 19.5 Å². The predicted molar refractivity (Wildman–Crippen MR) is 113 cm³/mol. The Bertz CT molecular complexity index is 876. The zero-order chi connectivity index (χ0) is 21.9. The smallest absolute Gasteiger partial charge is 0.344 e. The summed E-state index contributed by atoms with van der Waals surface area (Å²) in [6.07, 6.45) is 3.26. The second-order valence-corrected chi connectivity index (χ2v) is 6.72. The lowest BCUT2D eigenvalue weighted by Crippen LogP contribution is -2.23. The molecule has 0 aliphatic heterocycles. The maximum Gasteiger partial charge on any atom is 0.344 e. The topological polar surface area (TPSA) is 90.9 Å². The van der Waals surface area contributed by atoms with E-state index in [1.54, 1.807) is 12.1 Å². The number of aryl methyl sites for hydroxylation is 1. The molecule has 0 unspecified atom stereocenters. The van der Waals surface area contributed by atoms with Crippen molar-refractivity contribution in [2.45, 2.75) is 33.1 Å². The zero-order valence-electron chi connectivity index (χ0n) is 17.5. The quantitative estimate of drug-likeness (QED) is 0.445. The number of unbranched alkanes of at least 4 members (excludes halogenated alkanes) is 1. The van der Waals surface area contributed by atoms with Crippen molar-refractivity contribution < 1.29 is 28.6 Å². The number of rotatable bonds is 11. The van der Waals surface area contributed by atoms with Crippen molar-refractivity contribution in [3.05, 3.63) is 53.6 Å². The summed E-state index contributed by atoms with van der Waals surface area (Å²) in [4.78, 5) is 35.3. The fraction of sp³-hybridized carbons (Fsp3) is 0.348. The lowest BCUT2D eigenvalue weighted by molar-refractivity contribution is -0.149. The number of ether oxygens (including phenoxy) is 3. The highest BCUT2D eigenvalue weighted by Gasteiger charge is 2.12. The highest BCUT2D eigenvalue weighted by atomic mass is 16.6. The van der Waals surface area contributed by atoms with Gasteiger partial charge in [-0.2, -0.15) is 0 Å². The third kappa shape index (κ3) is 7.24. The number of hydrogen-bond acceptors (Lipinski definition) is 6. The van der Waals surface area contributed by atoms with Gasteiger partial charge in [-0.25, -0.2) is 4.79 Å². The van der Waals surface area contributed by atoms with Gasteiger partial charge >= 0.3 is 5.97 Å². The van der Waals surface area contributed by atoms with Crippen LogP contribution in [0.25, 0.3) is 0 Å². The van der Waals surface area contributed by atoms with E-state index in [2.05, 4.69) is 12.2 Å². The number of methoxy groups -OCH3 is 1. The van der Waals surface area contributed by atoms with Crippen molar-refractivity contribution in [1.82, 2.24) is 0 Å². The zero-order valence-corrected chi connectivity index (χ0v) is 17.5. The van der Waals surface area contributed by atoms with E-state index in [4.69, 9.17) is 14.2 Å². The van der Waals surface area contributed by atoms with Gasteiger partial charge in [0.25, 0.3) is 5.91 Å². The highest BCUT2D eigenvalue weighted by molar-refractivity contribution is 5.95. The summed E-state index contributed by atoms with van der Waals surface area (Å²) < 4.78 is 15.5. The molecular formula is C23H27NO6. The summed E-state index contributed by atoms with van der Waals surface area (Å²) in [7, 11) is 1.44. The molecule has 0 aliphatic rings. The summed E-state index contributed by atoms with van der Waals surface area (Å²) in [5.74, 6) is -0.616.